The molecule has 0 aliphatic rings. The quantitative estimate of drug-likeness (QED) is 0.130. The van der Waals surface area contributed by atoms with Gasteiger partial charge in [0.2, 0.25) is 5.91 Å². The lowest BCUT2D eigenvalue weighted by atomic mass is 10.1. The Bertz CT molecular complexity index is 1370. The third-order valence-corrected chi connectivity index (χ3v) is 6.71. The lowest BCUT2D eigenvalue weighted by Gasteiger charge is -2.15. The van der Waals surface area contributed by atoms with E-state index in [1.807, 2.05) is 43.3 Å². The molecule has 4 aromatic rings. The number of nitrogens with one attached hydrogen (secondary N) is 1. The smallest absolute Gasteiger partial charge is 0.250 e. The number of rotatable bonds is 10. The normalized spacial score (nSPS) is 11.1. The van der Waals surface area contributed by atoms with Crippen molar-refractivity contribution in [2.24, 2.45) is 5.10 Å². The zero-order valence-electron chi connectivity index (χ0n) is 19.5. The highest BCUT2D eigenvalue weighted by molar-refractivity contribution is 8.00. The molecule has 36 heavy (non-hydrogen) atoms. The highest BCUT2D eigenvalue weighted by Gasteiger charge is 2.13. The predicted octanol–water partition coefficient (Wildman–Crippen LogP) is 7.37. The fourth-order valence-corrected chi connectivity index (χ4v) is 4.62. The molecule has 0 fully saturated rings. The minimum absolute atomic E-state index is 0.225. The molecule has 0 spiro atoms. The molecule has 1 N–H and O–H groups in total. The van der Waals surface area contributed by atoms with Crippen LogP contribution in [0, 0.1) is 0 Å². The maximum Gasteiger partial charge on any atom is 0.250 e. The van der Waals surface area contributed by atoms with E-state index in [-0.39, 0.29) is 11.7 Å². The molecule has 5 nitrogen and oxygen atoms in total. The van der Waals surface area contributed by atoms with E-state index in [9.17, 15) is 4.79 Å². The molecule has 1 amide bonds. The van der Waals surface area contributed by atoms with Crippen molar-refractivity contribution in [3.8, 4) is 11.5 Å². The molecule has 0 radical (unpaired) electrons. The Balaban J connectivity index is 1.40. The summed E-state index contributed by atoms with van der Waals surface area (Å²) in [5, 5.41) is 7.38. The zero-order chi connectivity index (χ0) is 25.3. The van der Waals surface area contributed by atoms with E-state index in [4.69, 9.17) is 32.7 Å². The van der Waals surface area contributed by atoms with Crippen molar-refractivity contribution in [2.75, 3.05) is 12.4 Å². The molecule has 0 saturated carbocycles. The highest BCUT2D eigenvalue weighted by atomic mass is 35.5. The van der Waals surface area contributed by atoms with E-state index in [0.29, 0.717) is 40.3 Å². The first-order chi connectivity index (χ1) is 17.5. The van der Waals surface area contributed by atoms with Crippen molar-refractivity contribution in [3.05, 3.63) is 100 Å². The van der Waals surface area contributed by atoms with Crippen molar-refractivity contribution in [3.63, 3.8) is 0 Å². The van der Waals surface area contributed by atoms with Crippen LogP contribution in [0.25, 0.3) is 10.8 Å². The van der Waals surface area contributed by atoms with Gasteiger partial charge in [-0.2, -0.15) is 5.10 Å². The average Bonchev–Trinajstić information content (AvgIpc) is 2.88. The molecule has 0 aliphatic heterocycles. The number of thioether (sulfide) groups is 1. The SMILES string of the molecule is CCOc1cc(/C=N\NC(=O)CSc2ccc(Cl)cc2)cc(Cl)c1OCc1cccc2ccccc12. The third kappa shape index (κ3) is 6.94. The Morgan fingerprint density at radius 1 is 1.00 bits per heavy atom. The van der Waals surface area contributed by atoms with Gasteiger partial charge < -0.3 is 9.47 Å². The molecule has 0 aromatic heterocycles. The van der Waals surface area contributed by atoms with Crippen molar-refractivity contribution in [1.82, 2.24) is 5.43 Å². The van der Waals surface area contributed by atoms with Gasteiger partial charge in [-0.1, -0.05) is 65.7 Å². The van der Waals surface area contributed by atoms with Crippen LogP contribution >= 0.6 is 35.0 Å². The fourth-order valence-electron chi connectivity index (χ4n) is 3.52. The van der Waals surface area contributed by atoms with E-state index >= 15 is 0 Å². The largest absolute Gasteiger partial charge is 0.490 e. The number of benzene rings is 4. The minimum Gasteiger partial charge on any atom is -0.490 e. The third-order valence-electron chi connectivity index (χ3n) is 5.17. The number of ether oxygens (including phenoxy) is 2. The lowest BCUT2D eigenvalue weighted by Crippen LogP contribution is -2.19. The molecule has 0 saturated heterocycles. The monoisotopic (exact) mass is 538 g/mol. The summed E-state index contributed by atoms with van der Waals surface area (Å²) in [4.78, 5) is 13.1. The van der Waals surface area contributed by atoms with Gasteiger partial charge in [0.05, 0.1) is 23.6 Å². The second-order valence-corrected chi connectivity index (χ2v) is 9.62. The van der Waals surface area contributed by atoms with Gasteiger partial charge >= 0.3 is 0 Å². The van der Waals surface area contributed by atoms with Gasteiger partial charge in [-0.05, 0) is 65.2 Å². The molecular weight excluding hydrogens is 515 g/mol. The molecule has 4 rings (SSSR count). The van der Waals surface area contributed by atoms with Gasteiger partial charge in [-0.3, -0.25) is 4.79 Å². The number of carbonyl (C=O) groups excluding carboxylic acids is 1. The Kier molecular flexibility index (Phi) is 9.11. The summed E-state index contributed by atoms with van der Waals surface area (Å²) in [6.45, 7) is 2.68. The first kappa shape index (κ1) is 25.9. The van der Waals surface area contributed by atoms with Gasteiger partial charge in [-0.15, -0.1) is 11.8 Å². The standard InChI is InChI=1S/C28H24Cl2N2O3S/c1-2-34-26-15-19(16-31-32-27(33)18-36-23-12-10-22(29)11-13-23)14-25(30)28(26)35-17-21-8-5-7-20-6-3-4-9-24(20)21/h3-16H,2,17-18H2,1H3,(H,32,33)/b31-16-. The number of hydrogen-bond acceptors (Lipinski definition) is 5. The molecule has 0 unspecified atom stereocenters. The fraction of sp³-hybridized carbons (Fsp3) is 0.143. The molecule has 0 aliphatic carbocycles. The number of nitrogens with zero attached hydrogens (tertiary/aromatic N) is 1. The molecule has 4 aromatic carbocycles. The van der Waals surface area contributed by atoms with Crippen LogP contribution in [0.4, 0.5) is 0 Å². The van der Waals surface area contributed by atoms with E-state index in [1.54, 1.807) is 24.3 Å². The molecule has 8 heteroatoms. The zero-order valence-corrected chi connectivity index (χ0v) is 21.9. The first-order valence-corrected chi connectivity index (χ1v) is 13.0. The molecule has 0 bridgehead atoms. The average molecular weight is 539 g/mol. The maximum atomic E-state index is 12.1. The van der Waals surface area contributed by atoms with Crippen molar-refractivity contribution in [2.45, 2.75) is 18.4 Å². The Labute approximate surface area is 224 Å². The Hall–Kier alpha value is -3.19. The maximum absolute atomic E-state index is 12.1. The van der Waals surface area contributed by atoms with Crippen LogP contribution in [0.5, 0.6) is 11.5 Å². The molecular formula is C28H24Cl2N2O3S. The van der Waals surface area contributed by atoms with Crippen LogP contribution in [0.1, 0.15) is 18.1 Å². The number of hydrazone groups is 1. The summed E-state index contributed by atoms with van der Waals surface area (Å²) in [7, 11) is 0. The van der Waals surface area contributed by atoms with Crippen LogP contribution in [-0.2, 0) is 11.4 Å². The number of amides is 1. The number of hydrogen-bond donors (Lipinski definition) is 1. The van der Waals surface area contributed by atoms with Crippen LogP contribution in [0.2, 0.25) is 10.0 Å². The van der Waals surface area contributed by atoms with Gasteiger partial charge in [0, 0.05) is 9.92 Å². The Morgan fingerprint density at radius 3 is 2.58 bits per heavy atom. The Morgan fingerprint density at radius 2 is 1.78 bits per heavy atom. The summed E-state index contributed by atoms with van der Waals surface area (Å²) in [5.74, 6) is 0.978. The van der Waals surface area contributed by atoms with Gasteiger partial charge in [-0.25, -0.2) is 5.43 Å². The number of halogens is 2. The van der Waals surface area contributed by atoms with E-state index in [0.717, 1.165) is 21.2 Å². The summed E-state index contributed by atoms with van der Waals surface area (Å²) < 4.78 is 11.9. The summed E-state index contributed by atoms with van der Waals surface area (Å²) in [6.07, 6.45) is 1.52. The minimum atomic E-state index is -0.225. The molecule has 0 atom stereocenters. The molecule has 184 valence electrons. The van der Waals surface area contributed by atoms with E-state index < -0.39 is 0 Å². The van der Waals surface area contributed by atoms with Crippen LogP contribution in [0.15, 0.2) is 88.9 Å². The van der Waals surface area contributed by atoms with Gasteiger partial charge in [0.1, 0.15) is 6.61 Å². The van der Waals surface area contributed by atoms with E-state index in [2.05, 4.69) is 28.7 Å². The second-order valence-electron chi connectivity index (χ2n) is 7.73. The van der Waals surface area contributed by atoms with Crippen LogP contribution in [-0.4, -0.2) is 24.5 Å². The topological polar surface area (TPSA) is 59.9 Å². The predicted molar refractivity (Wildman–Crippen MR) is 149 cm³/mol. The van der Waals surface area contributed by atoms with Crippen LogP contribution < -0.4 is 14.9 Å². The van der Waals surface area contributed by atoms with Crippen molar-refractivity contribution >= 4 is 57.9 Å². The van der Waals surface area contributed by atoms with Gasteiger partial charge in [0.25, 0.3) is 0 Å². The number of fused-ring (bicyclic) bond motifs is 1. The first-order valence-electron chi connectivity index (χ1n) is 11.3. The van der Waals surface area contributed by atoms with Crippen molar-refractivity contribution in [1.29, 1.82) is 0 Å². The van der Waals surface area contributed by atoms with Gasteiger partial charge in [0.15, 0.2) is 11.5 Å². The lowest BCUT2D eigenvalue weighted by molar-refractivity contribution is -0.118. The molecule has 0 heterocycles. The number of carbonyl (C=O) groups is 1. The second kappa shape index (κ2) is 12.7. The summed E-state index contributed by atoms with van der Waals surface area (Å²) >= 11 is 13.8. The van der Waals surface area contributed by atoms with Crippen molar-refractivity contribution < 1.29 is 14.3 Å². The van der Waals surface area contributed by atoms with Crippen LogP contribution in [0.3, 0.4) is 0 Å². The highest BCUT2D eigenvalue weighted by Crippen LogP contribution is 2.37. The summed E-state index contributed by atoms with van der Waals surface area (Å²) in [5.41, 5.74) is 4.26. The summed E-state index contributed by atoms with van der Waals surface area (Å²) in [6, 6.07) is 25.1. The van der Waals surface area contributed by atoms with E-state index in [1.165, 1.54) is 18.0 Å².